The fourth-order valence-corrected chi connectivity index (χ4v) is 1.88. The van der Waals surface area contributed by atoms with Crippen LogP contribution < -0.4 is 5.32 Å². The molecule has 1 heterocycles. The van der Waals surface area contributed by atoms with Gasteiger partial charge in [-0.2, -0.15) is 0 Å². The van der Waals surface area contributed by atoms with Crippen molar-refractivity contribution in [2.45, 2.75) is 17.3 Å². The van der Waals surface area contributed by atoms with Crippen LogP contribution in [0.1, 0.15) is 6.92 Å². The third-order valence-electron chi connectivity index (χ3n) is 1.99. The van der Waals surface area contributed by atoms with Crippen LogP contribution >= 0.6 is 23.4 Å². The fraction of sp³-hybridized carbons (Fsp3) is 0.556. The first kappa shape index (κ1) is 13.7. The highest BCUT2D eigenvalue weighted by Gasteiger charge is 2.07. The van der Waals surface area contributed by atoms with E-state index >= 15 is 0 Å². The number of hydrogen-bond donors (Lipinski definition) is 1. The van der Waals surface area contributed by atoms with Gasteiger partial charge >= 0.3 is 0 Å². The first-order valence-corrected chi connectivity index (χ1v) is 7.90. The zero-order valence-electron chi connectivity index (χ0n) is 9.36. The molecule has 0 aliphatic carbocycles. The molecule has 0 spiro atoms. The Morgan fingerprint density at radius 2 is 2.31 bits per heavy atom. The van der Waals surface area contributed by atoms with Crippen molar-refractivity contribution in [3.05, 3.63) is 11.2 Å². The number of thioether (sulfide) groups is 1. The first-order valence-electron chi connectivity index (χ1n) is 4.67. The van der Waals surface area contributed by atoms with Gasteiger partial charge in [-0.05, 0) is 13.2 Å². The number of halogens is 1. The van der Waals surface area contributed by atoms with E-state index in [1.165, 1.54) is 11.8 Å². The normalized spacial score (nSPS) is 14.5. The summed E-state index contributed by atoms with van der Waals surface area (Å²) in [6, 6.07) is 1.66. The van der Waals surface area contributed by atoms with Crippen LogP contribution in [-0.4, -0.2) is 38.5 Å². The van der Waals surface area contributed by atoms with Crippen molar-refractivity contribution in [2.75, 3.05) is 24.4 Å². The monoisotopic (exact) mass is 279 g/mol. The molecular weight excluding hydrogens is 266 g/mol. The number of hydrogen-bond acceptors (Lipinski definition) is 5. The van der Waals surface area contributed by atoms with Gasteiger partial charge in [-0.25, -0.2) is 9.97 Å². The van der Waals surface area contributed by atoms with Crippen molar-refractivity contribution in [2.24, 2.45) is 0 Å². The molecule has 1 N–H and O–H groups in total. The zero-order valence-corrected chi connectivity index (χ0v) is 11.7. The Kier molecular flexibility index (Phi) is 5.51. The summed E-state index contributed by atoms with van der Waals surface area (Å²) < 4.78 is 11.2. The summed E-state index contributed by atoms with van der Waals surface area (Å²) in [6.07, 6.45) is 3.58. The quantitative estimate of drug-likeness (QED) is 0.508. The molecule has 1 aromatic heterocycles. The number of anilines is 1. The fourth-order valence-electron chi connectivity index (χ4n) is 0.944. The molecule has 0 saturated carbocycles. The molecule has 0 aromatic carbocycles. The Bertz CT molecular complexity index is 389. The third kappa shape index (κ3) is 4.27. The minimum atomic E-state index is -0.841. The van der Waals surface area contributed by atoms with Crippen LogP contribution in [-0.2, 0) is 10.8 Å². The van der Waals surface area contributed by atoms with Crippen LogP contribution in [0.4, 0.5) is 5.82 Å². The summed E-state index contributed by atoms with van der Waals surface area (Å²) >= 11 is 7.27. The molecule has 1 aromatic rings. The Hall–Kier alpha value is -0.330. The van der Waals surface area contributed by atoms with Gasteiger partial charge in [0.25, 0.3) is 0 Å². The van der Waals surface area contributed by atoms with Gasteiger partial charge < -0.3 is 5.32 Å². The molecule has 2 atom stereocenters. The van der Waals surface area contributed by atoms with Crippen LogP contribution in [0.5, 0.6) is 0 Å². The Labute approximate surface area is 107 Å². The van der Waals surface area contributed by atoms with E-state index in [2.05, 4.69) is 15.3 Å². The lowest BCUT2D eigenvalue weighted by Gasteiger charge is -2.10. The van der Waals surface area contributed by atoms with Gasteiger partial charge in [-0.1, -0.05) is 23.4 Å². The van der Waals surface area contributed by atoms with E-state index < -0.39 is 10.8 Å². The van der Waals surface area contributed by atoms with E-state index in [-0.39, 0.29) is 5.25 Å². The lowest BCUT2D eigenvalue weighted by molar-refractivity contribution is 0.678. The van der Waals surface area contributed by atoms with Gasteiger partial charge in [0.1, 0.15) is 11.0 Å². The van der Waals surface area contributed by atoms with Gasteiger partial charge in [0.05, 0.1) is 0 Å². The first-order chi connectivity index (χ1) is 7.52. The maximum atomic E-state index is 11.2. The molecule has 7 heteroatoms. The smallest absolute Gasteiger partial charge is 0.190 e. The van der Waals surface area contributed by atoms with Crippen molar-refractivity contribution < 1.29 is 4.21 Å². The molecule has 2 unspecified atom stereocenters. The Morgan fingerprint density at radius 1 is 1.62 bits per heavy atom. The molecule has 0 aliphatic rings. The summed E-state index contributed by atoms with van der Waals surface area (Å²) in [5.41, 5.74) is 0. The van der Waals surface area contributed by atoms with Gasteiger partial charge in [0.2, 0.25) is 0 Å². The number of nitrogens with zero attached hydrogens (tertiary/aromatic N) is 2. The minimum Gasteiger partial charge on any atom is -0.369 e. The molecule has 0 radical (unpaired) electrons. The highest BCUT2D eigenvalue weighted by molar-refractivity contribution is 7.98. The van der Waals surface area contributed by atoms with Gasteiger partial charge in [0.15, 0.2) is 5.16 Å². The molecular formula is C9H14ClN3OS2. The van der Waals surface area contributed by atoms with Crippen LogP contribution in [0.3, 0.4) is 0 Å². The summed E-state index contributed by atoms with van der Waals surface area (Å²) in [7, 11) is -0.841. The van der Waals surface area contributed by atoms with E-state index in [0.29, 0.717) is 22.7 Å². The standard InChI is InChI=1S/C9H14ClN3OS2/c1-6(16(3)14)5-11-8-4-7(10)12-9(13-8)15-2/h4,6H,5H2,1-3H3,(H,11,12,13). The SMILES string of the molecule is CSc1nc(Cl)cc(NCC(C)S(C)=O)n1. The maximum Gasteiger partial charge on any atom is 0.190 e. The topological polar surface area (TPSA) is 54.9 Å². The molecule has 0 amide bonds. The molecule has 0 bridgehead atoms. The lowest BCUT2D eigenvalue weighted by atomic mass is 10.4. The highest BCUT2D eigenvalue weighted by atomic mass is 35.5. The third-order valence-corrected chi connectivity index (χ3v) is 4.04. The second kappa shape index (κ2) is 6.42. The zero-order chi connectivity index (χ0) is 12.1. The van der Waals surface area contributed by atoms with Crippen LogP contribution in [0.2, 0.25) is 5.15 Å². The summed E-state index contributed by atoms with van der Waals surface area (Å²) in [5.74, 6) is 0.668. The Balaban J connectivity index is 2.66. The summed E-state index contributed by atoms with van der Waals surface area (Å²) in [5, 5.41) is 4.21. The lowest BCUT2D eigenvalue weighted by Crippen LogP contribution is -2.21. The van der Waals surface area contributed by atoms with E-state index in [1.54, 1.807) is 12.3 Å². The number of aromatic nitrogens is 2. The summed E-state index contributed by atoms with van der Waals surface area (Å²) in [6.45, 7) is 2.52. The van der Waals surface area contributed by atoms with Gasteiger partial charge in [-0.3, -0.25) is 4.21 Å². The molecule has 4 nitrogen and oxygen atoms in total. The molecule has 0 fully saturated rings. The average molecular weight is 280 g/mol. The predicted octanol–water partition coefficient (Wildman–Crippen LogP) is 2.03. The molecule has 1 rings (SSSR count). The highest BCUT2D eigenvalue weighted by Crippen LogP contribution is 2.17. The van der Waals surface area contributed by atoms with Crippen molar-refractivity contribution in [3.8, 4) is 0 Å². The largest absolute Gasteiger partial charge is 0.369 e. The van der Waals surface area contributed by atoms with E-state index in [0.717, 1.165) is 0 Å². The van der Waals surface area contributed by atoms with Crippen LogP contribution in [0, 0.1) is 0 Å². The Morgan fingerprint density at radius 3 is 2.88 bits per heavy atom. The van der Waals surface area contributed by atoms with Crippen molar-refractivity contribution >= 4 is 40.0 Å². The molecule has 0 aliphatic heterocycles. The van der Waals surface area contributed by atoms with E-state index in [1.807, 2.05) is 13.2 Å². The van der Waals surface area contributed by atoms with Crippen LogP contribution in [0.25, 0.3) is 0 Å². The van der Waals surface area contributed by atoms with Crippen molar-refractivity contribution in [1.82, 2.24) is 9.97 Å². The summed E-state index contributed by atoms with van der Waals surface area (Å²) in [4.78, 5) is 8.27. The van der Waals surface area contributed by atoms with E-state index in [4.69, 9.17) is 11.6 Å². The second-order valence-electron chi connectivity index (χ2n) is 3.25. The average Bonchev–Trinajstić information content (AvgIpc) is 2.24. The van der Waals surface area contributed by atoms with Crippen molar-refractivity contribution in [1.29, 1.82) is 0 Å². The molecule has 16 heavy (non-hydrogen) atoms. The number of rotatable bonds is 5. The van der Waals surface area contributed by atoms with E-state index in [9.17, 15) is 4.21 Å². The van der Waals surface area contributed by atoms with Crippen molar-refractivity contribution in [3.63, 3.8) is 0 Å². The van der Waals surface area contributed by atoms with Crippen LogP contribution in [0.15, 0.2) is 11.2 Å². The maximum absolute atomic E-state index is 11.2. The second-order valence-corrected chi connectivity index (χ2v) is 6.22. The molecule has 90 valence electrons. The predicted molar refractivity (Wildman–Crippen MR) is 70.8 cm³/mol. The number of nitrogens with one attached hydrogen (secondary N) is 1. The minimum absolute atomic E-state index is 0.0754. The van der Waals surface area contributed by atoms with Gasteiger partial charge in [-0.15, -0.1) is 0 Å². The molecule has 0 saturated heterocycles. The van der Waals surface area contributed by atoms with Gasteiger partial charge in [0, 0.05) is 34.9 Å².